The lowest BCUT2D eigenvalue weighted by molar-refractivity contribution is 0.0930. The fourth-order valence-electron chi connectivity index (χ4n) is 4.40. The first-order valence-electron chi connectivity index (χ1n) is 10.9. The molecule has 4 nitrogen and oxygen atoms in total. The van der Waals surface area contributed by atoms with Gasteiger partial charge in [0.05, 0.1) is 9.75 Å². The molecule has 0 aromatic carbocycles. The molecule has 0 aliphatic heterocycles. The van der Waals surface area contributed by atoms with Gasteiger partial charge in [-0.05, 0) is 75.8 Å². The van der Waals surface area contributed by atoms with E-state index >= 15 is 0 Å². The Morgan fingerprint density at radius 2 is 1.62 bits per heavy atom. The highest BCUT2D eigenvalue weighted by atomic mass is 127. The Bertz CT molecular complexity index is 709. The molecule has 3 rings (SSSR count). The summed E-state index contributed by atoms with van der Waals surface area (Å²) in [5.41, 5.74) is 0.907. The van der Waals surface area contributed by atoms with Gasteiger partial charge < -0.3 is 10.6 Å². The zero-order valence-corrected chi connectivity index (χ0v) is 22.3. The van der Waals surface area contributed by atoms with Gasteiger partial charge in [0, 0.05) is 20.4 Å². The largest absolute Gasteiger partial charge is 0.349 e. The van der Waals surface area contributed by atoms with Gasteiger partial charge in [0.2, 0.25) is 0 Å². The van der Waals surface area contributed by atoms with E-state index in [1.54, 1.807) is 0 Å². The van der Waals surface area contributed by atoms with Crippen LogP contribution in [-0.4, -0.2) is 32.3 Å². The second kappa shape index (κ2) is 11.6. The smallest absolute Gasteiger partial charge is 0.261 e. The summed E-state index contributed by atoms with van der Waals surface area (Å²) in [7, 11) is 0. The molecule has 0 saturated heterocycles. The third kappa shape index (κ3) is 7.05. The lowest BCUT2D eigenvalue weighted by Gasteiger charge is -2.16. The number of nitrogens with one attached hydrogen (secondary N) is 2. The number of thiophene rings is 1. The molecule has 4 unspecified atom stereocenters. The van der Waals surface area contributed by atoms with E-state index in [-0.39, 0.29) is 23.9 Å². The predicted molar refractivity (Wildman–Crippen MR) is 138 cm³/mol. The molecule has 0 spiro atoms. The quantitative estimate of drug-likeness (QED) is 0.234. The molecule has 4 atom stereocenters. The highest BCUT2D eigenvalue weighted by Gasteiger charge is 2.24. The molecule has 1 aromatic heterocycles. The normalized spacial score (nSPS) is 28.2. The van der Waals surface area contributed by atoms with Crippen LogP contribution in [0, 0.1) is 12.8 Å². The lowest BCUT2D eigenvalue weighted by Crippen LogP contribution is -2.34. The molecule has 1 aromatic rings. The Morgan fingerprint density at radius 1 is 0.966 bits per heavy atom. The SMILES string of the molecule is Cc1cc(C(=O)NC2CCCC(I)CC2)sc1C(=O)NC1CCCC(CI)CC1. The highest BCUT2D eigenvalue weighted by molar-refractivity contribution is 14.1. The number of rotatable bonds is 5. The summed E-state index contributed by atoms with van der Waals surface area (Å²) in [4.78, 5) is 27.0. The van der Waals surface area contributed by atoms with Crippen LogP contribution in [-0.2, 0) is 0 Å². The molecule has 0 bridgehead atoms. The van der Waals surface area contributed by atoms with Gasteiger partial charge >= 0.3 is 0 Å². The molecular weight excluding hydrogens is 610 g/mol. The van der Waals surface area contributed by atoms with Crippen molar-refractivity contribution in [3.63, 3.8) is 0 Å². The number of aryl methyl sites for hydroxylation is 1. The molecule has 2 fully saturated rings. The summed E-state index contributed by atoms with van der Waals surface area (Å²) in [5, 5.41) is 6.46. The zero-order valence-electron chi connectivity index (χ0n) is 17.1. The second-order valence-corrected chi connectivity index (χ2v) is 12.3. The van der Waals surface area contributed by atoms with E-state index in [1.165, 1.54) is 54.3 Å². The fraction of sp³-hybridized carbons (Fsp3) is 0.727. The maximum Gasteiger partial charge on any atom is 0.261 e. The van der Waals surface area contributed by atoms with Gasteiger partial charge in [-0.2, -0.15) is 0 Å². The Labute approximate surface area is 206 Å². The molecule has 162 valence electrons. The van der Waals surface area contributed by atoms with E-state index in [1.807, 2.05) is 13.0 Å². The third-order valence-corrected chi connectivity index (χ3v) is 9.95. The minimum absolute atomic E-state index is 0.00769. The van der Waals surface area contributed by atoms with Crippen LogP contribution in [0.25, 0.3) is 0 Å². The molecule has 2 aliphatic carbocycles. The average molecular weight is 642 g/mol. The van der Waals surface area contributed by atoms with E-state index in [4.69, 9.17) is 0 Å². The summed E-state index contributed by atoms with van der Waals surface area (Å²) < 4.78 is 1.94. The molecule has 0 radical (unpaired) electrons. The van der Waals surface area contributed by atoms with Gasteiger partial charge in [-0.3, -0.25) is 9.59 Å². The minimum Gasteiger partial charge on any atom is -0.349 e. The first kappa shape index (κ1) is 23.8. The second-order valence-electron chi connectivity index (χ2n) is 8.60. The van der Waals surface area contributed by atoms with E-state index in [2.05, 4.69) is 55.8 Å². The van der Waals surface area contributed by atoms with Crippen molar-refractivity contribution >= 4 is 68.3 Å². The van der Waals surface area contributed by atoms with Crippen LogP contribution in [0.5, 0.6) is 0 Å². The predicted octanol–water partition coefficient (Wildman–Crippen LogP) is 6.04. The maximum absolute atomic E-state index is 12.9. The van der Waals surface area contributed by atoms with Crippen LogP contribution < -0.4 is 10.6 Å². The minimum atomic E-state index is -0.0200. The maximum atomic E-state index is 12.9. The average Bonchev–Trinajstić information content (AvgIpc) is 2.83. The van der Waals surface area contributed by atoms with Crippen LogP contribution in [0.2, 0.25) is 0 Å². The van der Waals surface area contributed by atoms with Gasteiger partial charge in [-0.25, -0.2) is 0 Å². The van der Waals surface area contributed by atoms with Crippen molar-refractivity contribution in [2.45, 2.75) is 87.1 Å². The van der Waals surface area contributed by atoms with Crippen molar-refractivity contribution < 1.29 is 9.59 Å². The lowest BCUT2D eigenvalue weighted by atomic mass is 10.0. The van der Waals surface area contributed by atoms with E-state index in [0.29, 0.717) is 9.75 Å². The highest BCUT2D eigenvalue weighted by Crippen LogP contribution is 2.28. The van der Waals surface area contributed by atoms with Crippen LogP contribution in [0.1, 0.15) is 89.1 Å². The number of carbonyl (C=O) groups is 2. The van der Waals surface area contributed by atoms with Crippen molar-refractivity contribution in [2.24, 2.45) is 5.92 Å². The molecule has 7 heteroatoms. The monoisotopic (exact) mass is 642 g/mol. The van der Waals surface area contributed by atoms with Gasteiger partial charge in [-0.1, -0.05) is 58.0 Å². The molecule has 1 heterocycles. The summed E-state index contributed by atoms with van der Waals surface area (Å²) in [5.74, 6) is 0.767. The third-order valence-electron chi connectivity index (χ3n) is 6.22. The van der Waals surface area contributed by atoms with Gasteiger partial charge in [0.25, 0.3) is 11.8 Å². The first-order chi connectivity index (χ1) is 14.0. The van der Waals surface area contributed by atoms with Crippen molar-refractivity contribution in [2.75, 3.05) is 4.43 Å². The number of amides is 2. The van der Waals surface area contributed by atoms with Crippen molar-refractivity contribution in [1.29, 1.82) is 0 Å². The van der Waals surface area contributed by atoms with Crippen LogP contribution in [0.4, 0.5) is 0 Å². The van der Waals surface area contributed by atoms with Crippen LogP contribution in [0.15, 0.2) is 6.07 Å². The number of alkyl halides is 2. The van der Waals surface area contributed by atoms with Crippen molar-refractivity contribution in [1.82, 2.24) is 10.6 Å². The van der Waals surface area contributed by atoms with Crippen LogP contribution in [0.3, 0.4) is 0 Å². The molecule has 29 heavy (non-hydrogen) atoms. The number of hydrogen-bond acceptors (Lipinski definition) is 3. The Morgan fingerprint density at radius 3 is 2.34 bits per heavy atom. The van der Waals surface area contributed by atoms with Gasteiger partial charge in [0.15, 0.2) is 0 Å². The zero-order chi connectivity index (χ0) is 20.8. The first-order valence-corrected chi connectivity index (χ1v) is 14.5. The van der Waals surface area contributed by atoms with E-state index in [9.17, 15) is 9.59 Å². The summed E-state index contributed by atoms with van der Waals surface area (Å²) in [6.07, 6.45) is 11.5. The molecular formula is C22H32I2N2O2S. The van der Waals surface area contributed by atoms with E-state index < -0.39 is 0 Å². The summed E-state index contributed by atoms with van der Waals surface area (Å²) in [6, 6.07) is 2.41. The molecule has 2 saturated carbocycles. The summed E-state index contributed by atoms with van der Waals surface area (Å²) >= 11 is 6.34. The number of halogens is 2. The Balaban J connectivity index is 1.57. The Kier molecular flexibility index (Phi) is 9.54. The molecule has 2 N–H and O–H groups in total. The van der Waals surface area contributed by atoms with E-state index in [0.717, 1.165) is 41.1 Å². The Hall–Kier alpha value is 0.100. The van der Waals surface area contributed by atoms with Crippen molar-refractivity contribution in [3.8, 4) is 0 Å². The van der Waals surface area contributed by atoms with Crippen molar-refractivity contribution in [3.05, 3.63) is 21.4 Å². The molecule has 2 aliphatic rings. The van der Waals surface area contributed by atoms with Gasteiger partial charge in [-0.15, -0.1) is 11.3 Å². The number of carbonyl (C=O) groups excluding carboxylic acids is 2. The standard InChI is InChI=1S/C22H32I2N2O2S/c1-14-12-19(21(27)25-18-7-3-5-16(24)9-11-18)29-20(14)22(28)26-17-6-2-4-15(13-23)8-10-17/h12,15-18H,2-11,13H2,1H3,(H,25,27)(H,26,28). The molecule has 2 amide bonds. The van der Waals surface area contributed by atoms with Gasteiger partial charge in [0.1, 0.15) is 0 Å². The van der Waals surface area contributed by atoms with Crippen LogP contribution >= 0.6 is 56.5 Å². The topological polar surface area (TPSA) is 58.2 Å². The summed E-state index contributed by atoms with van der Waals surface area (Å²) in [6.45, 7) is 1.94. The number of hydrogen-bond donors (Lipinski definition) is 2. The fourth-order valence-corrected chi connectivity index (χ4v) is 7.06.